The van der Waals surface area contributed by atoms with Gasteiger partial charge in [0.05, 0.1) is 5.88 Å². The Bertz CT molecular complexity index is 190. The van der Waals surface area contributed by atoms with E-state index in [4.69, 9.17) is 0 Å². The highest BCUT2D eigenvalue weighted by Crippen LogP contribution is 2.25. The summed E-state index contributed by atoms with van der Waals surface area (Å²) in [4.78, 5) is 4.88. The summed E-state index contributed by atoms with van der Waals surface area (Å²) < 4.78 is 0. The molecule has 1 aliphatic carbocycles. The van der Waals surface area contributed by atoms with Gasteiger partial charge in [-0.1, -0.05) is 54.4 Å². The number of halogens is 1. The van der Waals surface area contributed by atoms with Gasteiger partial charge >= 0.3 is 0 Å². The van der Waals surface area contributed by atoms with Gasteiger partial charge < -0.3 is 4.90 Å². The minimum atomic E-state index is 1.09. The van der Waals surface area contributed by atoms with Crippen molar-refractivity contribution >= 4 is 30.1 Å². The molecular formula is C14H29IN2S. The lowest BCUT2D eigenvalue weighted by Gasteiger charge is -2.31. The molecule has 1 aliphatic heterocycles. The molecule has 0 amide bonds. The molecule has 0 N–H and O–H groups in total. The van der Waals surface area contributed by atoms with Crippen molar-refractivity contribution in [2.45, 2.75) is 45.4 Å². The standard InChI is InChI=1S/C8H16.C6H13IN2S/c1-2-8-6-4-3-5-7-8;1-8-2-4-9(5-3-8)6-10-7/h8H,2-7H2,1H3;2-6H2,1H3. The van der Waals surface area contributed by atoms with Crippen molar-refractivity contribution in [3.63, 3.8) is 0 Å². The van der Waals surface area contributed by atoms with E-state index >= 15 is 0 Å². The molecule has 2 fully saturated rings. The fraction of sp³-hybridized carbons (Fsp3) is 1.00. The maximum absolute atomic E-state index is 2.50. The Labute approximate surface area is 130 Å². The lowest BCUT2D eigenvalue weighted by atomic mass is 9.88. The molecule has 4 heteroatoms. The van der Waals surface area contributed by atoms with Crippen LogP contribution in [0.1, 0.15) is 45.4 Å². The molecule has 1 saturated carbocycles. The third kappa shape index (κ3) is 7.56. The SMILES string of the molecule is CCC1CCCCC1.CN1CCN(CSI)CC1. The molecule has 0 radical (unpaired) electrons. The summed E-state index contributed by atoms with van der Waals surface area (Å²) in [5, 5.41) is 0. The maximum atomic E-state index is 2.50. The summed E-state index contributed by atoms with van der Waals surface area (Å²) >= 11 is 2.36. The van der Waals surface area contributed by atoms with E-state index in [9.17, 15) is 0 Å². The Morgan fingerprint density at radius 1 is 1.06 bits per heavy atom. The molecule has 0 spiro atoms. The zero-order valence-electron chi connectivity index (χ0n) is 12.0. The van der Waals surface area contributed by atoms with Crippen LogP contribution in [0.15, 0.2) is 0 Å². The second kappa shape index (κ2) is 10.7. The fourth-order valence-electron chi connectivity index (χ4n) is 2.64. The van der Waals surface area contributed by atoms with Gasteiger partial charge in [-0.2, -0.15) is 0 Å². The summed E-state index contributed by atoms with van der Waals surface area (Å²) in [6.45, 7) is 7.27. The molecular weight excluding hydrogens is 355 g/mol. The van der Waals surface area contributed by atoms with Crippen LogP contribution in [0.3, 0.4) is 0 Å². The summed E-state index contributed by atoms with van der Waals surface area (Å²) in [7, 11) is 4.08. The third-order valence-electron chi connectivity index (χ3n) is 4.13. The normalized spacial score (nSPS) is 23.5. The van der Waals surface area contributed by atoms with Crippen LogP contribution in [0.4, 0.5) is 0 Å². The number of nitrogens with zero attached hydrogens (tertiary/aromatic N) is 2. The van der Waals surface area contributed by atoms with Crippen molar-refractivity contribution < 1.29 is 0 Å². The average Bonchev–Trinajstić information content (AvgIpc) is 2.43. The lowest BCUT2D eigenvalue weighted by molar-refractivity contribution is 0.175. The van der Waals surface area contributed by atoms with Crippen molar-refractivity contribution in [2.75, 3.05) is 39.1 Å². The van der Waals surface area contributed by atoms with Gasteiger partial charge in [-0.05, 0) is 34.2 Å². The lowest BCUT2D eigenvalue weighted by Crippen LogP contribution is -2.43. The second-order valence-electron chi connectivity index (χ2n) is 5.57. The smallest absolute Gasteiger partial charge is 0.0546 e. The minimum Gasteiger partial charge on any atom is -0.304 e. The Balaban J connectivity index is 0.000000184. The van der Waals surface area contributed by atoms with E-state index in [0.29, 0.717) is 0 Å². The second-order valence-corrected chi connectivity index (χ2v) is 7.92. The van der Waals surface area contributed by atoms with E-state index in [1.807, 2.05) is 8.93 Å². The molecule has 0 unspecified atom stereocenters. The molecule has 0 aromatic rings. The quantitative estimate of drug-likeness (QED) is 0.672. The first-order valence-electron chi connectivity index (χ1n) is 7.40. The van der Waals surface area contributed by atoms with Crippen LogP contribution in [-0.2, 0) is 0 Å². The van der Waals surface area contributed by atoms with Crippen molar-refractivity contribution in [3.8, 4) is 0 Å². The van der Waals surface area contributed by atoms with Gasteiger partial charge in [-0.25, -0.2) is 0 Å². The first-order valence-corrected chi connectivity index (χ1v) is 10.9. The van der Waals surface area contributed by atoms with E-state index in [2.05, 4.69) is 45.0 Å². The largest absolute Gasteiger partial charge is 0.304 e. The first-order chi connectivity index (χ1) is 8.76. The first kappa shape index (κ1) is 17.1. The number of hydrogen-bond donors (Lipinski definition) is 0. The van der Waals surface area contributed by atoms with Gasteiger partial charge in [0.1, 0.15) is 0 Å². The van der Waals surface area contributed by atoms with Gasteiger partial charge in [-0.15, -0.1) is 0 Å². The van der Waals surface area contributed by atoms with Crippen molar-refractivity contribution in [1.29, 1.82) is 0 Å². The van der Waals surface area contributed by atoms with Crippen LogP contribution in [0.2, 0.25) is 0 Å². The van der Waals surface area contributed by atoms with Crippen LogP contribution >= 0.6 is 30.1 Å². The van der Waals surface area contributed by atoms with E-state index in [0.717, 1.165) is 5.92 Å². The van der Waals surface area contributed by atoms with Crippen LogP contribution in [0.25, 0.3) is 0 Å². The van der Waals surface area contributed by atoms with E-state index in [1.165, 1.54) is 70.6 Å². The third-order valence-corrected chi connectivity index (χ3v) is 5.43. The Kier molecular flexibility index (Phi) is 10.2. The number of likely N-dealkylation sites (N-methyl/N-ethyl adjacent to an activating group) is 1. The highest BCUT2D eigenvalue weighted by molar-refractivity contribution is 14.2. The highest BCUT2D eigenvalue weighted by atomic mass is 127. The zero-order valence-corrected chi connectivity index (χ0v) is 15.0. The van der Waals surface area contributed by atoms with Gasteiger partial charge in [0.2, 0.25) is 0 Å². The number of piperazine rings is 1. The molecule has 0 aromatic carbocycles. The molecule has 0 bridgehead atoms. The molecule has 2 nitrogen and oxygen atoms in total. The Morgan fingerprint density at radius 3 is 2.11 bits per heavy atom. The molecule has 1 saturated heterocycles. The van der Waals surface area contributed by atoms with Gasteiger partial charge in [-0.3, -0.25) is 4.90 Å². The van der Waals surface area contributed by atoms with Crippen LogP contribution in [-0.4, -0.2) is 48.9 Å². The molecule has 0 aromatic heterocycles. The fourth-order valence-corrected chi connectivity index (χ4v) is 4.22. The molecule has 1 heterocycles. The Hall–Kier alpha value is 1.00. The highest BCUT2D eigenvalue weighted by Gasteiger charge is 2.12. The van der Waals surface area contributed by atoms with E-state index < -0.39 is 0 Å². The van der Waals surface area contributed by atoms with Crippen molar-refractivity contribution in [2.24, 2.45) is 5.92 Å². The van der Waals surface area contributed by atoms with Gasteiger partial charge in [0.25, 0.3) is 0 Å². The molecule has 18 heavy (non-hydrogen) atoms. The molecule has 2 rings (SSSR count). The topological polar surface area (TPSA) is 6.48 Å². The van der Waals surface area contributed by atoms with Gasteiger partial charge in [0.15, 0.2) is 0 Å². The van der Waals surface area contributed by atoms with Crippen molar-refractivity contribution in [1.82, 2.24) is 9.80 Å². The molecule has 108 valence electrons. The Morgan fingerprint density at radius 2 is 1.67 bits per heavy atom. The zero-order chi connectivity index (χ0) is 13.2. The average molecular weight is 384 g/mol. The molecule has 0 atom stereocenters. The molecule has 2 aliphatic rings. The van der Waals surface area contributed by atoms with Crippen LogP contribution in [0, 0.1) is 5.92 Å². The predicted octanol–water partition coefficient (Wildman–Crippen LogP) is 4.25. The number of hydrogen-bond acceptors (Lipinski definition) is 3. The summed E-state index contributed by atoms with van der Waals surface area (Å²) in [5.74, 6) is 2.28. The van der Waals surface area contributed by atoms with Crippen molar-refractivity contribution in [3.05, 3.63) is 0 Å². The van der Waals surface area contributed by atoms with Crippen LogP contribution in [0.5, 0.6) is 0 Å². The number of rotatable bonds is 3. The summed E-state index contributed by atoms with van der Waals surface area (Å²) in [6.07, 6.45) is 8.93. The monoisotopic (exact) mass is 384 g/mol. The summed E-state index contributed by atoms with van der Waals surface area (Å²) in [6, 6.07) is 0. The van der Waals surface area contributed by atoms with E-state index in [1.54, 1.807) is 0 Å². The minimum absolute atomic E-state index is 1.09. The summed E-state index contributed by atoms with van der Waals surface area (Å²) in [5.41, 5.74) is 0. The predicted molar refractivity (Wildman–Crippen MR) is 92.4 cm³/mol. The maximum Gasteiger partial charge on any atom is 0.0546 e. The van der Waals surface area contributed by atoms with Crippen LogP contribution < -0.4 is 0 Å². The van der Waals surface area contributed by atoms with Gasteiger partial charge in [0, 0.05) is 26.2 Å². The van der Waals surface area contributed by atoms with E-state index in [-0.39, 0.29) is 0 Å².